The lowest BCUT2D eigenvalue weighted by Gasteiger charge is -2.34. The smallest absolute Gasteiger partial charge is 0.255 e. The Morgan fingerprint density at radius 2 is 1.96 bits per heavy atom. The van der Waals surface area contributed by atoms with Crippen molar-refractivity contribution in [2.75, 3.05) is 13.1 Å². The SMILES string of the molecule is Cc1c(C(=O)N2CCC(C(O)c3nccn3C)CC2)ccn1C. The van der Waals surface area contributed by atoms with Crippen molar-refractivity contribution in [3.8, 4) is 0 Å². The zero-order chi connectivity index (χ0) is 16.6. The van der Waals surface area contributed by atoms with Crippen LogP contribution in [0.2, 0.25) is 0 Å². The quantitative estimate of drug-likeness (QED) is 0.936. The molecular weight excluding hydrogens is 292 g/mol. The first-order chi connectivity index (χ1) is 11.0. The highest BCUT2D eigenvalue weighted by Gasteiger charge is 2.30. The number of aliphatic hydroxyl groups excluding tert-OH is 1. The largest absolute Gasteiger partial charge is 0.385 e. The minimum atomic E-state index is -0.564. The van der Waals surface area contributed by atoms with Crippen LogP contribution in [0.1, 0.15) is 40.8 Å². The Balaban J connectivity index is 1.63. The Hall–Kier alpha value is -2.08. The molecule has 1 N–H and O–H groups in total. The normalized spacial score (nSPS) is 17.5. The summed E-state index contributed by atoms with van der Waals surface area (Å²) in [6.45, 7) is 3.32. The van der Waals surface area contributed by atoms with Crippen molar-refractivity contribution in [2.24, 2.45) is 20.0 Å². The van der Waals surface area contributed by atoms with Gasteiger partial charge in [0.25, 0.3) is 5.91 Å². The highest BCUT2D eigenvalue weighted by Crippen LogP contribution is 2.30. The van der Waals surface area contributed by atoms with Gasteiger partial charge in [-0.25, -0.2) is 4.98 Å². The standard InChI is InChI=1S/C17H24N4O2/c1-12-14(6-8-19(12)2)17(23)21-9-4-13(5-10-21)15(22)16-18-7-11-20(16)3/h6-8,11,13,15,22H,4-5,9-10H2,1-3H3. The number of nitrogens with zero attached hydrogens (tertiary/aromatic N) is 4. The maximum absolute atomic E-state index is 12.6. The van der Waals surface area contributed by atoms with Gasteiger partial charge in [-0.2, -0.15) is 0 Å². The summed E-state index contributed by atoms with van der Waals surface area (Å²) < 4.78 is 3.82. The average molecular weight is 316 g/mol. The van der Waals surface area contributed by atoms with Gasteiger partial charge in [-0.1, -0.05) is 0 Å². The molecule has 0 radical (unpaired) electrons. The Labute approximate surface area is 136 Å². The fourth-order valence-corrected chi connectivity index (χ4v) is 3.30. The average Bonchev–Trinajstić information content (AvgIpc) is 3.13. The van der Waals surface area contributed by atoms with Crippen LogP contribution in [0.5, 0.6) is 0 Å². The maximum Gasteiger partial charge on any atom is 0.255 e. The van der Waals surface area contributed by atoms with Crippen LogP contribution < -0.4 is 0 Å². The van der Waals surface area contributed by atoms with E-state index in [1.54, 1.807) is 6.20 Å². The summed E-state index contributed by atoms with van der Waals surface area (Å²) in [5.74, 6) is 0.943. The number of hydrogen-bond acceptors (Lipinski definition) is 3. The Bertz CT molecular complexity index is 695. The summed E-state index contributed by atoms with van der Waals surface area (Å²) in [6.07, 6.45) is 6.49. The van der Waals surface area contributed by atoms with Gasteiger partial charge in [0.1, 0.15) is 11.9 Å². The van der Waals surface area contributed by atoms with Crippen LogP contribution in [0.15, 0.2) is 24.7 Å². The van der Waals surface area contributed by atoms with Crippen molar-refractivity contribution in [3.63, 3.8) is 0 Å². The summed E-state index contributed by atoms with van der Waals surface area (Å²) in [4.78, 5) is 18.8. The van der Waals surface area contributed by atoms with Crippen LogP contribution in [0.25, 0.3) is 0 Å². The number of carbonyl (C=O) groups excluding carboxylic acids is 1. The second-order valence-electron chi connectivity index (χ2n) is 6.40. The van der Waals surface area contributed by atoms with Crippen molar-refractivity contribution >= 4 is 5.91 Å². The van der Waals surface area contributed by atoms with Gasteiger partial charge in [-0.05, 0) is 31.7 Å². The van der Waals surface area contributed by atoms with Crippen molar-refractivity contribution in [1.29, 1.82) is 0 Å². The lowest BCUT2D eigenvalue weighted by Crippen LogP contribution is -2.40. The monoisotopic (exact) mass is 316 g/mol. The highest BCUT2D eigenvalue weighted by molar-refractivity contribution is 5.95. The minimum Gasteiger partial charge on any atom is -0.385 e. The van der Waals surface area contributed by atoms with Gasteiger partial charge < -0.3 is 19.1 Å². The molecule has 1 unspecified atom stereocenters. The van der Waals surface area contributed by atoms with Gasteiger partial charge in [0.2, 0.25) is 0 Å². The number of aryl methyl sites for hydroxylation is 2. The number of hydrogen-bond donors (Lipinski definition) is 1. The van der Waals surface area contributed by atoms with Crippen molar-refractivity contribution < 1.29 is 9.90 Å². The highest BCUT2D eigenvalue weighted by atomic mass is 16.3. The third-order valence-corrected chi connectivity index (χ3v) is 5.01. The molecule has 3 heterocycles. The van der Waals surface area contributed by atoms with Crippen LogP contribution in [0.4, 0.5) is 0 Å². The molecule has 6 nitrogen and oxygen atoms in total. The molecular formula is C17H24N4O2. The number of aliphatic hydroxyl groups is 1. The van der Waals surface area contributed by atoms with E-state index < -0.39 is 6.10 Å². The second kappa shape index (κ2) is 6.20. The lowest BCUT2D eigenvalue weighted by molar-refractivity contribution is 0.0419. The zero-order valence-electron chi connectivity index (χ0n) is 13.9. The number of carbonyl (C=O) groups is 1. The molecule has 0 aliphatic carbocycles. The Morgan fingerprint density at radius 1 is 1.26 bits per heavy atom. The zero-order valence-corrected chi connectivity index (χ0v) is 13.9. The Kier molecular flexibility index (Phi) is 4.26. The van der Waals surface area contributed by atoms with Crippen LogP contribution in [-0.2, 0) is 14.1 Å². The van der Waals surface area contributed by atoms with Gasteiger partial charge in [-0.15, -0.1) is 0 Å². The van der Waals surface area contributed by atoms with Gasteiger partial charge in [0, 0.05) is 51.5 Å². The first-order valence-electron chi connectivity index (χ1n) is 8.05. The van der Waals surface area contributed by atoms with E-state index in [0.29, 0.717) is 18.9 Å². The first-order valence-corrected chi connectivity index (χ1v) is 8.05. The van der Waals surface area contributed by atoms with Gasteiger partial charge in [0.15, 0.2) is 0 Å². The molecule has 0 bridgehead atoms. The predicted molar refractivity (Wildman–Crippen MR) is 86.9 cm³/mol. The number of rotatable bonds is 3. The Morgan fingerprint density at radius 3 is 2.48 bits per heavy atom. The predicted octanol–water partition coefficient (Wildman–Crippen LogP) is 1.65. The number of amides is 1. The lowest BCUT2D eigenvalue weighted by atomic mass is 9.90. The molecule has 23 heavy (non-hydrogen) atoms. The molecule has 0 saturated carbocycles. The van der Waals surface area contributed by atoms with Gasteiger partial charge >= 0.3 is 0 Å². The van der Waals surface area contributed by atoms with Crippen molar-refractivity contribution in [1.82, 2.24) is 19.0 Å². The molecule has 3 rings (SSSR count). The third kappa shape index (κ3) is 2.91. The summed E-state index contributed by atoms with van der Waals surface area (Å²) in [6, 6.07) is 1.88. The number of aromatic nitrogens is 3. The molecule has 2 aromatic rings. The minimum absolute atomic E-state index is 0.0908. The van der Waals surface area contributed by atoms with Gasteiger partial charge in [0.05, 0.1) is 5.56 Å². The molecule has 1 amide bonds. The van der Waals surface area contributed by atoms with E-state index >= 15 is 0 Å². The number of imidazole rings is 1. The third-order valence-electron chi connectivity index (χ3n) is 5.01. The van der Waals surface area contributed by atoms with E-state index in [0.717, 1.165) is 24.1 Å². The maximum atomic E-state index is 12.6. The molecule has 1 saturated heterocycles. The van der Waals surface area contributed by atoms with Crippen LogP contribution in [-0.4, -0.2) is 43.1 Å². The molecule has 1 fully saturated rings. The van der Waals surface area contributed by atoms with E-state index in [-0.39, 0.29) is 11.8 Å². The molecule has 0 spiro atoms. The van der Waals surface area contributed by atoms with E-state index in [4.69, 9.17) is 0 Å². The molecule has 1 atom stereocenters. The fourth-order valence-electron chi connectivity index (χ4n) is 3.30. The van der Waals surface area contributed by atoms with E-state index in [9.17, 15) is 9.90 Å². The molecule has 0 aromatic carbocycles. The fraction of sp³-hybridized carbons (Fsp3) is 0.529. The summed E-state index contributed by atoms with van der Waals surface area (Å²) in [5.41, 5.74) is 1.76. The summed E-state index contributed by atoms with van der Waals surface area (Å²) >= 11 is 0. The molecule has 1 aliphatic rings. The molecule has 124 valence electrons. The van der Waals surface area contributed by atoms with Crippen LogP contribution in [0.3, 0.4) is 0 Å². The van der Waals surface area contributed by atoms with E-state index in [1.165, 1.54) is 0 Å². The van der Waals surface area contributed by atoms with E-state index in [1.807, 2.05) is 53.5 Å². The topological polar surface area (TPSA) is 63.3 Å². The van der Waals surface area contributed by atoms with Crippen molar-refractivity contribution in [3.05, 3.63) is 41.7 Å². The number of likely N-dealkylation sites (tertiary alicyclic amines) is 1. The second-order valence-corrected chi connectivity index (χ2v) is 6.40. The van der Waals surface area contributed by atoms with Gasteiger partial charge in [-0.3, -0.25) is 4.79 Å². The molecule has 2 aromatic heterocycles. The number of piperidine rings is 1. The van der Waals surface area contributed by atoms with E-state index in [2.05, 4.69) is 4.98 Å². The van der Waals surface area contributed by atoms with Crippen molar-refractivity contribution in [2.45, 2.75) is 25.9 Å². The van der Waals surface area contributed by atoms with Crippen LogP contribution in [0, 0.1) is 12.8 Å². The van der Waals surface area contributed by atoms with Crippen LogP contribution >= 0.6 is 0 Å². The summed E-state index contributed by atoms with van der Waals surface area (Å²) in [5, 5.41) is 10.5. The molecule has 1 aliphatic heterocycles. The molecule has 6 heteroatoms. The summed E-state index contributed by atoms with van der Waals surface area (Å²) in [7, 11) is 3.84. The first kappa shape index (κ1) is 15.8.